The molecular weight excluding hydrogens is 1050 g/mol. The van der Waals surface area contributed by atoms with Gasteiger partial charge in [0, 0.05) is 48.7 Å². The molecule has 0 aliphatic heterocycles. The topological polar surface area (TPSA) is 115 Å². The summed E-state index contributed by atoms with van der Waals surface area (Å²) in [4.78, 5) is 9.32. The predicted octanol–water partition coefficient (Wildman–Crippen LogP) is 17.6. The zero-order chi connectivity index (χ0) is 52.9. The van der Waals surface area contributed by atoms with Gasteiger partial charge < -0.3 is 20.1 Å². The summed E-state index contributed by atoms with van der Waals surface area (Å²) >= 11 is 0. The summed E-state index contributed by atoms with van der Waals surface area (Å²) in [5.74, 6) is 1.96. The van der Waals surface area contributed by atoms with Crippen molar-refractivity contribution in [3.63, 3.8) is 0 Å². The third kappa shape index (κ3) is 40.5. The van der Waals surface area contributed by atoms with Crippen molar-refractivity contribution in [2.75, 3.05) is 26.4 Å². The van der Waals surface area contributed by atoms with Crippen molar-refractivity contribution in [3.05, 3.63) is 204 Å². The van der Waals surface area contributed by atoms with Crippen molar-refractivity contribution in [3.8, 4) is 0 Å². The first-order chi connectivity index (χ1) is 32.4. The van der Waals surface area contributed by atoms with Gasteiger partial charge in [0.1, 0.15) is 23.3 Å². The molecule has 0 aromatic heterocycles. The van der Waals surface area contributed by atoms with E-state index in [0.717, 1.165) is 60.1 Å². The van der Waals surface area contributed by atoms with E-state index in [9.17, 15) is 50.4 Å². The molecule has 0 aliphatic rings. The van der Waals surface area contributed by atoms with Crippen LogP contribution in [0.1, 0.15) is 49.9 Å². The second kappa shape index (κ2) is 28.8. The molecule has 23 heteroatoms. The fourth-order valence-corrected chi connectivity index (χ4v) is 4.78. The first kappa shape index (κ1) is 65.1. The zero-order valence-electron chi connectivity index (χ0n) is 38.6. The molecular formula is C48H54CuF12N6O2P2. The standard InChI is InChI=1S/2C20H17N3.2C4H10O.Cu.2F6P/c2*21-19(16-10-4-1-5-11-16)23-20(17-12-6-2-7-13-17)22-18-14-8-3-9-15-18;2*1-3-5-4-2;;2*1-7(2,3,4,5)6/h2*1-15H,(H2,21,22,23);2*3-4H2,1-2H3;;;/q;;;;+2;2*-1. The number of nitrogens with zero attached hydrogens (tertiary/aromatic N) is 2. The van der Waals surface area contributed by atoms with Crippen molar-refractivity contribution in [2.45, 2.75) is 27.7 Å². The molecule has 0 saturated heterocycles. The second-order valence-corrected chi connectivity index (χ2v) is 17.4. The van der Waals surface area contributed by atoms with Gasteiger partial charge in [-0.15, -0.1) is 0 Å². The van der Waals surface area contributed by atoms with Crippen LogP contribution in [0.15, 0.2) is 192 Å². The van der Waals surface area contributed by atoms with Gasteiger partial charge in [0.2, 0.25) is 0 Å². The molecule has 1 radical (unpaired) electrons. The normalized spacial score (nSPS) is 12.9. The fraction of sp³-hybridized carbons (Fsp3) is 0.167. The van der Waals surface area contributed by atoms with Gasteiger partial charge >= 0.3 is 83.0 Å². The van der Waals surface area contributed by atoms with Crippen LogP contribution in [0.3, 0.4) is 0 Å². The molecule has 0 fully saturated rings. The molecule has 0 bridgehead atoms. The van der Waals surface area contributed by atoms with Gasteiger partial charge in [-0.3, -0.25) is 10.8 Å². The summed E-state index contributed by atoms with van der Waals surface area (Å²) in [5.41, 5.74) is 5.22. The number of para-hydroxylation sites is 2. The van der Waals surface area contributed by atoms with Crippen LogP contribution < -0.4 is 10.6 Å². The van der Waals surface area contributed by atoms with E-state index in [1.807, 2.05) is 210 Å². The molecule has 0 spiro atoms. The van der Waals surface area contributed by atoms with Crippen molar-refractivity contribution >= 4 is 50.3 Å². The van der Waals surface area contributed by atoms with E-state index in [0.29, 0.717) is 23.3 Å². The summed E-state index contributed by atoms with van der Waals surface area (Å²) in [6.45, 7) is 11.3. The third-order valence-electron chi connectivity index (χ3n) is 7.52. The molecule has 0 aliphatic carbocycles. The summed E-state index contributed by atoms with van der Waals surface area (Å²) in [7, 11) is -21.3. The number of hydrogen-bond donors (Lipinski definition) is 4. The van der Waals surface area contributed by atoms with E-state index in [4.69, 9.17) is 20.3 Å². The molecule has 6 rings (SSSR count). The predicted molar refractivity (Wildman–Crippen MR) is 262 cm³/mol. The molecule has 0 heterocycles. The van der Waals surface area contributed by atoms with Crippen molar-refractivity contribution in [1.82, 2.24) is 10.6 Å². The van der Waals surface area contributed by atoms with Crippen LogP contribution in [-0.2, 0) is 26.5 Å². The minimum Gasteiger partial charge on any atom is -0.324 e. The Morgan fingerprint density at radius 2 is 0.549 bits per heavy atom. The number of amidine groups is 4. The van der Waals surface area contributed by atoms with E-state index in [2.05, 4.69) is 20.6 Å². The van der Waals surface area contributed by atoms with Gasteiger partial charge in [-0.2, -0.15) is 0 Å². The number of halogens is 12. The Morgan fingerprint density at radius 1 is 0.366 bits per heavy atom. The smallest absolute Gasteiger partial charge is 0.324 e. The number of rotatable bonds is 10. The van der Waals surface area contributed by atoms with Crippen LogP contribution in [0.4, 0.5) is 61.7 Å². The third-order valence-corrected chi connectivity index (χ3v) is 7.52. The van der Waals surface area contributed by atoms with Crippen LogP contribution in [0, 0.1) is 10.8 Å². The largest absolute Gasteiger partial charge is 2.00 e. The first-order valence-electron chi connectivity index (χ1n) is 20.9. The van der Waals surface area contributed by atoms with Crippen LogP contribution in [-0.4, -0.2) is 49.8 Å². The number of aliphatic imine (C=N–C) groups is 2. The van der Waals surface area contributed by atoms with E-state index in [-0.39, 0.29) is 17.1 Å². The van der Waals surface area contributed by atoms with Crippen LogP contribution in [0.2, 0.25) is 0 Å². The SMILES string of the molecule is CCOCC.CCOCC.F[P-](F)(F)(F)(F)F.F[P-](F)(F)(F)(F)F.N=C(NC(=Nc1ccccc1)c1ccccc1)c1ccccc1.N=C(NC(=Nc1ccccc1)c1ccccc1)c1ccccc1.[Cu+2]. The van der Waals surface area contributed by atoms with Gasteiger partial charge in [-0.05, 0) is 52.0 Å². The van der Waals surface area contributed by atoms with Gasteiger partial charge in [0.25, 0.3) is 0 Å². The van der Waals surface area contributed by atoms with E-state index < -0.39 is 15.6 Å². The van der Waals surface area contributed by atoms with E-state index in [1.54, 1.807) is 0 Å². The fourth-order valence-electron chi connectivity index (χ4n) is 4.78. The van der Waals surface area contributed by atoms with E-state index in [1.165, 1.54) is 0 Å². The molecule has 0 saturated carbocycles. The van der Waals surface area contributed by atoms with Gasteiger partial charge in [0.15, 0.2) is 0 Å². The molecule has 393 valence electrons. The second-order valence-electron chi connectivity index (χ2n) is 13.5. The summed E-state index contributed by atoms with van der Waals surface area (Å²) in [5, 5.41) is 22.8. The van der Waals surface area contributed by atoms with Crippen LogP contribution in [0.5, 0.6) is 0 Å². The molecule has 0 unspecified atom stereocenters. The van der Waals surface area contributed by atoms with Gasteiger partial charge in [-0.25, -0.2) is 9.98 Å². The average molecular weight is 1100 g/mol. The number of benzene rings is 6. The Hall–Kier alpha value is -5.94. The average Bonchev–Trinajstić information content (AvgIpc) is 3.29. The molecule has 0 atom stereocenters. The first-order valence-corrected chi connectivity index (χ1v) is 24.9. The zero-order valence-corrected chi connectivity index (χ0v) is 41.3. The maximum Gasteiger partial charge on any atom is 2.00 e. The molecule has 71 heavy (non-hydrogen) atoms. The Kier molecular flexibility index (Phi) is 26.4. The van der Waals surface area contributed by atoms with E-state index >= 15 is 0 Å². The quantitative estimate of drug-likeness (QED) is 0.0360. The summed E-state index contributed by atoms with van der Waals surface area (Å²) in [6, 6.07) is 58.3. The number of nitrogens with one attached hydrogen (secondary N) is 4. The molecule has 6 aromatic carbocycles. The monoisotopic (exact) mass is 1100 g/mol. The van der Waals surface area contributed by atoms with Crippen LogP contribution in [0.25, 0.3) is 0 Å². The summed E-state index contributed by atoms with van der Waals surface area (Å²) in [6.07, 6.45) is 0. The van der Waals surface area contributed by atoms with Gasteiger partial charge in [-0.1, -0.05) is 158 Å². The Balaban J connectivity index is 0.000000945. The molecule has 8 nitrogen and oxygen atoms in total. The minimum absolute atomic E-state index is 0. The maximum atomic E-state index is 9.87. The molecule has 4 N–H and O–H groups in total. The Morgan fingerprint density at radius 3 is 0.732 bits per heavy atom. The van der Waals surface area contributed by atoms with Gasteiger partial charge in [0.05, 0.1) is 11.4 Å². The van der Waals surface area contributed by atoms with Crippen LogP contribution >= 0.6 is 15.6 Å². The molecule has 0 amide bonds. The maximum absolute atomic E-state index is 10.7. The summed E-state index contributed by atoms with van der Waals surface area (Å²) < 4.78 is 128. The molecule has 6 aromatic rings. The number of ether oxygens (including phenoxy) is 2. The Labute approximate surface area is 415 Å². The number of hydrogen-bond acceptors (Lipinski definition) is 6. The van der Waals surface area contributed by atoms with Crippen molar-refractivity contribution in [2.24, 2.45) is 9.98 Å². The minimum atomic E-state index is -10.7. The van der Waals surface area contributed by atoms with Crippen molar-refractivity contribution < 1.29 is 76.9 Å². The van der Waals surface area contributed by atoms with Crippen molar-refractivity contribution in [1.29, 1.82) is 10.8 Å². The Bertz CT molecular complexity index is 2280.